The molecule has 0 saturated carbocycles. The van der Waals surface area contributed by atoms with Crippen molar-refractivity contribution in [1.82, 2.24) is 14.9 Å². The van der Waals surface area contributed by atoms with Gasteiger partial charge in [-0.25, -0.2) is 9.07 Å². The van der Waals surface area contributed by atoms with Crippen molar-refractivity contribution in [2.24, 2.45) is 0 Å². The van der Waals surface area contributed by atoms with Crippen LogP contribution in [0.25, 0.3) is 10.1 Å². The van der Waals surface area contributed by atoms with Crippen LogP contribution in [0.5, 0.6) is 0 Å². The third-order valence-electron chi connectivity index (χ3n) is 3.86. The number of carbonyl (C=O) groups is 1. The summed E-state index contributed by atoms with van der Waals surface area (Å²) in [6, 6.07) is 6.32. The summed E-state index contributed by atoms with van der Waals surface area (Å²) in [4.78, 5) is 12.9. The van der Waals surface area contributed by atoms with Gasteiger partial charge in [0.2, 0.25) is 4.77 Å². The summed E-state index contributed by atoms with van der Waals surface area (Å²) < 4.78 is 21.8. The van der Waals surface area contributed by atoms with E-state index in [0.717, 1.165) is 17.5 Å². The van der Waals surface area contributed by atoms with Gasteiger partial charge in [0.15, 0.2) is 5.82 Å². The van der Waals surface area contributed by atoms with Crippen molar-refractivity contribution in [3.05, 3.63) is 45.6 Å². The van der Waals surface area contributed by atoms with Gasteiger partial charge < -0.3 is 4.74 Å². The number of nitrogens with one attached hydrogen (secondary N) is 2. The third-order valence-corrected chi connectivity index (χ3v) is 5.23. The number of carbonyl (C=O) groups excluding carboxylic acids is 1. The van der Waals surface area contributed by atoms with Crippen LogP contribution >= 0.6 is 23.6 Å². The summed E-state index contributed by atoms with van der Waals surface area (Å²) in [5.41, 5.74) is 2.72. The first-order chi connectivity index (χ1) is 11.6. The number of hydrogen-bond donors (Lipinski definition) is 2. The molecule has 0 unspecified atom stereocenters. The van der Waals surface area contributed by atoms with Gasteiger partial charge in [-0.15, -0.1) is 11.3 Å². The molecule has 2 aromatic heterocycles. The van der Waals surface area contributed by atoms with Gasteiger partial charge in [-0.2, -0.15) is 5.10 Å². The van der Waals surface area contributed by atoms with E-state index in [1.54, 1.807) is 18.2 Å². The molecule has 1 fully saturated rings. The summed E-state index contributed by atoms with van der Waals surface area (Å²) in [6.07, 6.45) is 1.57. The molecule has 1 atom stereocenters. The highest BCUT2D eigenvalue weighted by Gasteiger charge is 2.25. The third kappa shape index (κ3) is 2.64. The number of ether oxygens (including phenoxy) is 1. The Hall–Kier alpha value is -2.10. The second kappa shape index (κ2) is 6.08. The highest BCUT2D eigenvalue weighted by atomic mass is 32.1. The summed E-state index contributed by atoms with van der Waals surface area (Å²) >= 11 is 6.40. The van der Waals surface area contributed by atoms with Crippen LogP contribution in [0, 0.1) is 10.6 Å². The van der Waals surface area contributed by atoms with Gasteiger partial charge in [0.1, 0.15) is 11.9 Å². The van der Waals surface area contributed by atoms with E-state index in [0.29, 0.717) is 22.7 Å². The van der Waals surface area contributed by atoms with Crippen LogP contribution in [0.1, 0.15) is 34.4 Å². The number of nitrogens with zero attached hydrogens (tertiary/aromatic N) is 2. The Morgan fingerprint density at radius 3 is 3.17 bits per heavy atom. The number of benzene rings is 1. The minimum Gasteiger partial charge on any atom is -0.370 e. The number of thiophene rings is 1. The van der Waals surface area contributed by atoms with E-state index in [9.17, 15) is 9.18 Å². The van der Waals surface area contributed by atoms with Crippen molar-refractivity contribution in [2.45, 2.75) is 18.9 Å². The molecule has 24 heavy (non-hydrogen) atoms. The number of halogens is 1. The fourth-order valence-corrected chi connectivity index (χ4v) is 3.86. The molecule has 3 heterocycles. The van der Waals surface area contributed by atoms with Crippen LogP contribution in [0.15, 0.2) is 24.3 Å². The molecule has 1 saturated heterocycles. The van der Waals surface area contributed by atoms with Crippen LogP contribution in [0.3, 0.4) is 0 Å². The molecular formula is C15H13FN4O2S2. The minimum absolute atomic E-state index is 0.196. The first-order valence-corrected chi connectivity index (χ1v) is 8.64. The fraction of sp³-hybridized carbons (Fsp3) is 0.267. The Kier molecular flexibility index (Phi) is 3.91. The van der Waals surface area contributed by atoms with E-state index in [1.807, 2.05) is 0 Å². The van der Waals surface area contributed by atoms with Gasteiger partial charge in [-0.3, -0.25) is 15.3 Å². The molecule has 1 aliphatic heterocycles. The average molecular weight is 364 g/mol. The van der Waals surface area contributed by atoms with Crippen LogP contribution in [-0.4, -0.2) is 27.4 Å². The average Bonchev–Trinajstić information content (AvgIpc) is 3.28. The molecule has 4 rings (SSSR count). The first-order valence-electron chi connectivity index (χ1n) is 7.42. The van der Waals surface area contributed by atoms with Gasteiger partial charge in [0, 0.05) is 16.7 Å². The Morgan fingerprint density at radius 1 is 1.54 bits per heavy atom. The van der Waals surface area contributed by atoms with Crippen molar-refractivity contribution < 1.29 is 13.9 Å². The van der Waals surface area contributed by atoms with Crippen molar-refractivity contribution in [3.8, 4) is 0 Å². The highest BCUT2D eigenvalue weighted by Crippen LogP contribution is 2.29. The van der Waals surface area contributed by atoms with Gasteiger partial charge in [0.25, 0.3) is 5.91 Å². The zero-order valence-corrected chi connectivity index (χ0v) is 14.0. The lowest BCUT2D eigenvalue weighted by atomic mass is 10.2. The van der Waals surface area contributed by atoms with Gasteiger partial charge in [-0.1, -0.05) is 6.07 Å². The van der Waals surface area contributed by atoms with E-state index in [4.69, 9.17) is 17.0 Å². The number of aromatic nitrogens is 3. The highest BCUT2D eigenvalue weighted by molar-refractivity contribution is 7.71. The number of hydrogen-bond acceptors (Lipinski definition) is 5. The molecule has 1 aliphatic rings. The molecule has 6 nitrogen and oxygen atoms in total. The molecule has 1 amide bonds. The van der Waals surface area contributed by atoms with Crippen molar-refractivity contribution in [1.29, 1.82) is 0 Å². The SMILES string of the molecule is O=C(Nn1c([C@@H]2CCCO2)n[nH]c1=S)c1cc2c(F)cccc2s1. The van der Waals surface area contributed by atoms with E-state index < -0.39 is 0 Å². The zero-order chi connectivity index (χ0) is 16.7. The predicted molar refractivity (Wildman–Crippen MR) is 90.8 cm³/mol. The number of fused-ring (bicyclic) bond motifs is 1. The fourth-order valence-electron chi connectivity index (χ4n) is 2.71. The monoisotopic (exact) mass is 364 g/mol. The number of amides is 1. The predicted octanol–water partition coefficient (Wildman–Crippen LogP) is 3.53. The van der Waals surface area contributed by atoms with Crippen molar-refractivity contribution in [2.75, 3.05) is 12.0 Å². The Bertz CT molecular complexity index is 971. The summed E-state index contributed by atoms with van der Waals surface area (Å²) in [5, 5.41) is 7.26. The molecular weight excluding hydrogens is 351 g/mol. The minimum atomic E-state index is -0.368. The van der Waals surface area contributed by atoms with Crippen LogP contribution in [0.4, 0.5) is 4.39 Å². The molecule has 124 valence electrons. The lowest BCUT2D eigenvalue weighted by molar-refractivity contribution is 0.0971. The quantitative estimate of drug-likeness (QED) is 0.698. The Balaban J connectivity index is 1.65. The maximum atomic E-state index is 13.8. The first kappa shape index (κ1) is 15.4. The van der Waals surface area contributed by atoms with E-state index in [2.05, 4.69) is 15.6 Å². The van der Waals surface area contributed by atoms with Crippen LogP contribution in [-0.2, 0) is 4.74 Å². The topological polar surface area (TPSA) is 71.9 Å². The standard InChI is InChI=1S/C15H13FN4O2S2/c16-9-3-1-5-11-8(9)7-12(24-11)14(21)19-20-13(17-18-15(20)23)10-4-2-6-22-10/h1,3,5,7,10H,2,4,6H2,(H,18,23)(H,19,21)/t10-/m0/s1. The number of aromatic amines is 1. The smallest absolute Gasteiger partial charge is 0.280 e. The summed E-state index contributed by atoms with van der Waals surface area (Å²) in [5.74, 6) is -0.173. The molecule has 0 spiro atoms. The molecule has 1 aromatic carbocycles. The summed E-state index contributed by atoms with van der Waals surface area (Å²) in [6.45, 7) is 0.661. The van der Waals surface area contributed by atoms with Crippen molar-refractivity contribution in [3.63, 3.8) is 0 Å². The molecule has 0 bridgehead atoms. The Labute approximate surface area is 145 Å². The van der Waals surface area contributed by atoms with Crippen LogP contribution in [0.2, 0.25) is 0 Å². The molecule has 2 N–H and O–H groups in total. The maximum absolute atomic E-state index is 13.8. The van der Waals surface area contributed by atoms with Crippen molar-refractivity contribution >= 4 is 39.5 Å². The lowest BCUT2D eigenvalue weighted by Crippen LogP contribution is -2.25. The second-order valence-corrected chi connectivity index (χ2v) is 6.90. The van der Waals surface area contributed by atoms with E-state index >= 15 is 0 Å². The summed E-state index contributed by atoms with van der Waals surface area (Å²) in [7, 11) is 0. The number of rotatable bonds is 3. The van der Waals surface area contributed by atoms with Crippen LogP contribution < -0.4 is 5.43 Å². The van der Waals surface area contributed by atoms with E-state index in [-0.39, 0.29) is 22.6 Å². The van der Waals surface area contributed by atoms with Gasteiger partial charge >= 0.3 is 0 Å². The Morgan fingerprint density at radius 2 is 2.42 bits per heavy atom. The molecule has 3 aromatic rings. The molecule has 0 radical (unpaired) electrons. The van der Waals surface area contributed by atoms with Gasteiger partial charge in [0.05, 0.1) is 4.88 Å². The maximum Gasteiger partial charge on any atom is 0.280 e. The van der Waals surface area contributed by atoms with Gasteiger partial charge in [-0.05, 0) is 43.3 Å². The lowest BCUT2D eigenvalue weighted by Gasteiger charge is -2.11. The largest absolute Gasteiger partial charge is 0.370 e. The normalized spacial score (nSPS) is 17.5. The van der Waals surface area contributed by atoms with E-state index in [1.165, 1.54) is 22.1 Å². The molecule has 9 heteroatoms. The zero-order valence-electron chi connectivity index (χ0n) is 12.4. The molecule has 0 aliphatic carbocycles. The second-order valence-electron chi connectivity index (χ2n) is 5.43. The number of H-pyrrole nitrogens is 1.